The summed E-state index contributed by atoms with van der Waals surface area (Å²) in [5.41, 5.74) is 0. The number of amides is 3. The molecule has 3 unspecified atom stereocenters. The Balaban J connectivity index is 0.0000104. The number of thioether (sulfide) groups is 1. The third-order valence-electron chi connectivity index (χ3n) is 10.5. The van der Waals surface area contributed by atoms with Gasteiger partial charge in [0.1, 0.15) is 11.8 Å². The summed E-state index contributed by atoms with van der Waals surface area (Å²) in [5, 5.41) is 3.16. The van der Waals surface area contributed by atoms with Crippen molar-refractivity contribution in [3.8, 4) is 0 Å². The average molecular weight is 683 g/mol. The van der Waals surface area contributed by atoms with Gasteiger partial charge in [0, 0.05) is 49.3 Å². The second kappa shape index (κ2) is 20.8. The van der Waals surface area contributed by atoms with Crippen molar-refractivity contribution in [3.05, 3.63) is 0 Å². The Bertz CT molecular complexity index is 987. The number of carbonyl (C=O) groups is 4. The molecule has 0 aromatic heterocycles. The molecule has 3 amide bonds. The van der Waals surface area contributed by atoms with E-state index in [2.05, 4.69) is 71.9 Å². The van der Waals surface area contributed by atoms with Gasteiger partial charge < -0.3 is 15.1 Å². The highest BCUT2D eigenvalue weighted by atomic mass is 32.2. The van der Waals surface area contributed by atoms with Crippen molar-refractivity contribution in [1.29, 1.82) is 0 Å². The lowest BCUT2D eigenvalue weighted by atomic mass is 9.83. The van der Waals surface area contributed by atoms with E-state index in [1.807, 2.05) is 58.5 Å². The zero-order valence-electron chi connectivity index (χ0n) is 33.4. The normalized spacial score (nSPS) is 19.7. The minimum Gasteiger partial charge on any atom is -0.343 e. The molecule has 47 heavy (non-hydrogen) atoms. The second-order valence-corrected chi connectivity index (χ2v) is 16.9. The third-order valence-corrected chi connectivity index (χ3v) is 11.8. The van der Waals surface area contributed by atoms with E-state index < -0.39 is 6.04 Å². The predicted octanol–water partition coefficient (Wildman–Crippen LogP) is 7.00. The highest BCUT2D eigenvalue weighted by molar-refractivity contribution is 7.99. The van der Waals surface area contributed by atoms with Crippen LogP contribution in [0.1, 0.15) is 123 Å². The SMILES string of the molecule is CC.CC[C@H](C)[C@@H](C(C)CC(=O)N1CCC[C@H]1C(C)[C@@H](C)C(C)=O)N(C)C(=O)[C@@H](NC(=O)C(C(C)C)N(C)CC(C)(C)SC)C(C)C. The van der Waals surface area contributed by atoms with Crippen molar-refractivity contribution in [2.75, 3.05) is 33.4 Å². The number of carbonyl (C=O) groups excluding carboxylic acids is 4. The number of ketones is 1. The van der Waals surface area contributed by atoms with Crippen LogP contribution in [0, 0.1) is 35.5 Å². The van der Waals surface area contributed by atoms with Crippen LogP contribution in [0.4, 0.5) is 0 Å². The minimum absolute atomic E-state index is 0.00839. The fraction of sp³-hybridized carbons (Fsp3) is 0.895. The molecule has 9 heteroatoms. The van der Waals surface area contributed by atoms with Gasteiger partial charge in [-0.05, 0) is 76.5 Å². The van der Waals surface area contributed by atoms with Crippen molar-refractivity contribution in [2.45, 2.75) is 152 Å². The highest BCUT2D eigenvalue weighted by Crippen LogP contribution is 2.32. The first-order valence-corrected chi connectivity index (χ1v) is 19.6. The van der Waals surface area contributed by atoms with Crippen LogP contribution in [-0.2, 0) is 19.2 Å². The van der Waals surface area contributed by atoms with Crippen molar-refractivity contribution in [2.24, 2.45) is 35.5 Å². The van der Waals surface area contributed by atoms with Crippen molar-refractivity contribution in [3.63, 3.8) is 0 Å². The fourth-order valence-electron chi connectivity index (χ4n) is 7.33. The van der Waals surface area contributed by atoms with Gasteiger partial charge >= 0.3 is 0 Å². The van der Waals surface area contributed by atoms with Crippen LogP contribution in [0.5, 0.6) is 0 Å². The Hall–Kier alpha value is -1.61. The van der Waals surface area contributed by atoms with Gasteiger partial charge in [0.15, 0.2) is 0 Å². The van der Waals surface area contributed by atoms with Crippen molar-refractivity contribution < 1.29 is 19.2 Å². The quantitative estimate of drug-likeness (QED) is 0.168. The zero-order valence-corrected chi connectivity index (χ0v) is 34.2. The molecule has 1 aliphatic heterocycles. The lowest BCUT2D eigenvalue weighted by Gasteiger charge is -2.41. The molecular formula is C38H74N4O4S. The topological polar surface area (TPSA) is 90.0 Å². The first-order valence-electron chi connectivity index (χ1n) is 18.3. The molecule has 1 heterocycles. The first-order chi connectivity index (χ1) is 21.7. The summed E-state index contributed by atoms with van der Waals surface area (Å²) in [6.07, 6.45) is 5.16. The van der Waals surface area contributed by atoms with Gasteiger partial charge in [0.2, 0.25) is 17.7 Å². The highest BCUT2D eigenvalue weighted by Gasteiger charge is 2.40. The van der Waals surface area contributed by atoms with Crippen molar-refractivity contribution >= 4 is 35.3 Å². The van der Waals surface area contributed by atoms with E-state index >= 15 is 0 Å². The molecule has 0 radical (unpaired) electrons. The average Bonchev–Trinajstić information content (AvgIpc) is 3.49. The molecule has 0 spiro atoms. The second-order valence-electron chi connectivity index (χ2n) is 15.4. The molecule has 0 aromatic carbocycles. The number of hydrogen-bond donors (Lipinski definition) is 1. The number of hydrogen-bond acceptors (Lipinski definition) is 6. The molecule has 8 atom stereocenters. The van der Waals surface area contributed by atoms with Gasteiger partial charge in [-0.3, -0.25) is 24.1 Å². The molecule has 8 nitrogen and oxygen atoms in total. The minimum atomic E-state index is -0.669. The molecule has 0 saturated carbocycles. The summed E-state index contributed by atoms with van der Waals surface area (Å²) in [6.45, 7) is 29.9. The molecule has 1 N–H and O–H groups in total. The number of likely N-dealkylation sites (tertiary alicyclic amines) is 1. The first kappa shape index (κ1) is 45.4. The number of nitrogens with one attached hydrogen (secondary N) is 1. The summed E-state index contributed by atoms with van der Waals surface area (Å²) < 4.78 is -0.00839. The lowest BCUT2D eigenvalue weighted by Crippen LogP contribution is -2.59. The molecule has 1 fully saturated rings. The maximum absolute atomic E-state index is 14.2. The Labute approximate surface area is 294 Å². The zero-order chi connectivity index (χ0) is 37.0. The van der Waals surface area contributed by atoms with Crippen LogP contribution in [-0.4, -0.2) is 101 Å². The summed E-state index contributed by atoms with van der Waals surface area (Å²) in [5.74, 6) is 0.109. The van der Waals surface area contributed by atoms with Crippen LogP contribution in [0.3, 0.4) is 0 Å². The Morgan fingerprint density at radius 1 is 0.936 bits per heavy atom. The predicted molar refractivity (Wildman–Crippen MR) is 201 cm³/mol. The monoisotopic (exact) mass is 683 g/mol. The van der Waals surface area contributed by atoms with Crippen LogP contribution in [0.15, 0.2) is 0 Å². The van der Waals surface area contributed by atoms with E-state index in [1.54, 1.807) is 18.7 Å². The smallest absolute Gasteiger partial charge is 0.245 e. The van der Waals surface area contributed by atoms with Crippen LogP contribution >= 0.6 is 11.8 Å². The van der Waals surface area contributed by atoms with Gasteiger partial charge in [-0.1, -0.05) is 82.6 Å². The Morgan fingerprint density at radius 2 is 1.49 bits per heavy atom. The number of rotatable bonds is 18. The molecule has 0 aromatic rings. The van der Waals surface area contributed by atoms with E-state index in [1.165, 1.54) is 0 Å². The van der Waals surface area contributed by atoms with E-state index in [9.17, 15) is 19.2 Å². The molecular weight excluding hydrogens is 609 g/mol. The summed E-state index contributed by atoms with van der Waals surface area (Å²) in [6, 6.07) is -1.12. The maximum Gasteiger partial charge on any atom is 0.245 e. The number of likely N-dealkylation sites (N-methyl/N-ethyl adjacent to an activating group) is 2. The standard InChI is InChI=1S/C36H68N4O4S.C2H6/c1-16-24(6)33(25(7)20-30(42)40-19-17-18-29(40)27(9)26(8)28(10)41)39(14)35(44)31(22(2)3)37-34(43)32(23(4)5)38(13)21-36(11,12)45-15;1-2/h22-27,29,31-33H,16-21H2,1-15H3,(H,37,43);1-2H3/t24-,25?,26+,27?,29-,31-,32?,33-;/m0./s1. The van der Waals surface area contributed by atoms with Gasteiger partial charge in [-0.25, -0.2) is 0 Å². The fourth-order valence-corrected chi connectivity index (χ4v) is 7.66. The molecule has 276 valence electrons. The van der Waals surface area contributed by atoms with E-state index in [0.717, 1.165) is 32.4 Å². The van der Waals surface area contributed by atoms with Crippen LogP contribution in [0.25, 0.3) is 0 Å². The molecule has 1 saturated heterocycles. The summed E-state index contributed by atoms with van der Waals surface area (Å²) in [4.78, 5) is 59.8. The Kier molecular flexibility index (Phi) is 20.1. The number of Topliss-reactive ketones (excluding diaryl/α,β-unsaturated/α-hetero) is 1. The van der Waals surface area contributed by atoms with Gasteiger partial charge in [0.25, 0.3) is 0 Å². The van der Waals surface area contributed by atoms with E-state index in [0.29, 0.717) is 6.42 Å². The van der Waals surface area contributed by atoms with Crippen molar-refractivity contribution in [1.82, 2.24) is 20.0 Å². The molecule has 1 aliphatic rings. The lowest BCUT2D eigenvalue weighted by molar-refractivity contribution is -0.143. The summed E-state index contributed by atoms with van der Waals surface area (Å²) >= 11 is 1.78. The largest absolute Gasteiger partial charge is 0.343 e. The summed E-state index contributed by atoms with van der Waals surface area (Å²) in [7, 11) is 3.83. The molecule has 1 rings (SSSR count). The van der Waals surface area contributed by atoms with Gasteiger partial charge in [-0.15, -0.1) is 0 Å². The van der Waals surface area contributed by atoms with E-state index in [-0.39, 0.29) is 81.9 Å². The van der Waals surface area contributed by atoms with Crippen LogP contribution in [0.2, 0.25) is 0 Å². The Morgan fingerprint density at radius 3 is 1.94 bits per heavy atom. The van der Waals surface area contributed by atoms with Gasteiger partial charge in [0.05, 0.1) is 6.04 Å². The molecule has 0 bridgehead atoms. The van der Waals surface area contributed by atoms with E-state index in [4.69, 9.17) is 0 Å². The maximum atomic E-state index is 14.2. The molecule has 0 aliphatic carbocycles. The third kappa shape index (κ3) is 13.0. The number of nitrogens with zero attached hydrogens (tertiary/aromatic N) is 3. The van der Waals surface area contributed by atoms with Crippen LogP contribution < -0.4 is 5.32 Å². The van der Waals surface area contributed by atoms with Gasteiger partial charge in [-0.2, -0.15) is 11.8 Å².